The highest BCUT2D eigenvalue weighted by Crippen LogP contribution is 2.42. The summed E-state index contributed by atoms with van der Waals surface area (Å²) in [6, 6.07) is 5.61. The molecule has 0 radical (unpaired) electrons. The molecule has 1 fully saturated rings. The van der Waals surface area contributed by atoms with Gasteiger partial charge in [-0.25, -0.2) is 0 Å². The van der Waals surface area contributed by atoms with Crippen molar-refractivity contribution in [3.63, 3.8) is 0 Å². The van der Waals surface area contributed by atoms with Crippen LogP contribution in [0.2, 0.25) is 0 Å². The Morgan fingerprint density at radius 2 is 1.94 bits per heavy atom. The van der Waals surface area contributed by atoms with Gasteiger partial charge in [0, 0.05) is 10.0 Å². The summed E-state index contributed by atoms with van der Waals surface area (Å²) in [5, 5.41) is 2.80. The number of anilines is 1. The lowest BCUT2D eigenvalue weighted by Crippen LogP contribution is -2.39. The molecule has 2 aliphatic heterocycles. The molecule has 1 N–H and O–H groups in total. The van der Waals surface area contributed by atoms with Crippen LogP contribution in [0.15, 0.2) is 22.7 Å². The highest BCUT2D eigenvalue weighted by Gasteiger charge is 2.50. The number of nitrogens with one attached hydrogen (secondary N) is 1. The molecular weight excluding hydrogens is 286 g/mol. The summed E-state index contributed by atoms with van der Waals surface area (Å²) in [5.41, 5.74) is 1.53. The largest absolute Gasteiger partial charge is 0.338 e. The van der Waals surface area contributed by atoms with Crippen molar-refractivity contribution < 1.29 is 14.3 Å². The summed E-state index contributed by atoms with van der Waals surface area (Å²) in [7, 11) is 0. The third kappa shape index (κ3) is 1.69. The molecule has 2 heterocycles. The Morgan fingerprint density at radius 1 is 1.24 bits per heavy atom. The van der Waals surface area contributed by atoms with E-state index in [1.165, 1.54) is 0 Å². The first kappa shape index (κ1) is 11.2. The zero-order valence-corrected chi connectivity index (χ0v) is 10.7. The fourth-order valence-electron chi connectivity index (χ4n) is 2.19. The quantitative estimate of drug-likeness (QED) is 0.800. The number of carbonyl (C=O) groups excluding carboxylic acids is 1. The lowest BCUT2D eigenvalue weighted by molar-refractivity contribution is -0.221. The van der Waals surface area contributed by atoms with E-state index in [-0.39, 0.29) is 5.91 Å². The monoisotopic (exact) mass is 297 g/mol. The van der Waals surface area contributed by atoms with Crippen molar-refractivity contribution in [2.75, 3.05) is 18.5 Å². The van der Waals surface area contributed by atoms with Crippen LogP contribution in [0.25, 0.3) is 0 Å². The summed E-state index contributed by atoms with van der Waals surface area (Å²) >= 11 is 3.40. The fourth-order valence-corrected chi connectivity index (χ4v) is 2.55. The molecule has 0 saturated carbocycles. The molecule has 90 valence electrons. The van der Waals surface area contributed by atoms with Crippen molar-refractivity contribution in [2.24, 2.45) is 0 Å². The van der Waals surface area contributed by atoms with Gasteiger partial charge in [0.2, 0.25) is 0 Å². The minimum Gasteiger partial charge on any atom is -0.338 e. The smallest absolute Gasteiger partial charge is 0.289 e. The molecule has 0 bridgehead atoms. The van der Waals surface area contributed by atoms with E-state index in [0.29, 0.717) is 13.2 Å². The van der Waals surface area contributed by atoms with Crippen LogP contribution in [0.3, 0.4) is 0 Å². The zero-order valence-electron chi connectivity index (χ0n) is 9.16. The minimum atomic E-state index is -1.24. The maximum absolute atomic E-state index is 12.1. The zero-order chi connectivity index (χ0) is 11.9. The lowest BCUT2D eigenvalue weighted by Gasteiger charge is -2.25. The van der Waals surface area contributed by atoms with E-state index in [4.69, 9.17) is 9.47 Å². The number of benzene rings is 1. The number of ether oxygens (including phenoxy) is 2. The summed E-state index contributed by atoms with van der Waals surface area (Å²) < 4.78 is 12.3. The molecule has 1 amide bonds. The van der Waals surface area contributed by atoms with E-state index >= 15 is 0 Å². The van der Waals surface area contributed by atoms with Gasteiger partial charge in [0.05, 0.1) is 18.9 Å². The Kier molecular flexibility index (Phi) is 2.69. The van der Waals surface area contributed by atoms with Crippen molar-refractivity contribution in [1.82, 2.24) is 0 Å². The van der Waals surface area contributed by atoms with Gasteiger partial charge in [0.1, 0.15) is 0 Å². The van der Waals surface area contributed by atoms with E-state index in [9.17, 15) is 4.79 Å². The molecule has 1 spiro atoms. The van der Waals surface area contributed by atoms with E-state index < -0.39 is 5.79 Å². The van der Waals surface area contributed by atoms with Gasteiger partial charge in [0.15, 0.2) is 0 Å². The van der Waals surface area contributed by atoms with Gasteiger partial charge < -0.3 is 14.8 Å². The Bertz CT molecular complexity index is 467. The summed E-state index contributed by atoms with van der Waals surface area (Å²) in [6.07, 6.45) is 1.83. The normalized spacial score (nSPS) is 22.1. The number of amides is 1. The SMILES string of the molecule is O=C1Nc2ccc(Br)cc2C12OCCCCO2. The van der Waals surface area contributed by atoms with E-state index in [1.54, 1.807) is 0 Å². The highest BCUT2D eigenvalue weighted by molar-refractivity contribution is 9.10. The van der Waals surface area contributed by atoms with Crippen LogP contribution in [0.1, 0.15) is 18.4 Å². The highest BCUT2D eigenvalue weighted by atomic mass is 79.9. The van der Waals surface area contributed by atoms with Crippen molar-refractivity contribution in [1.29, 1.82) is 0 Å². The molecule has 5 heteroatoms. The van der Waals surface area contributed by atoms with Crippen LogP contribution in [0, 0.1) is 0 Å². The van der Waals surface area contributed by atoms with Gasteiger partial charge in [-0.1, -0.05) is 15.9 Å². The van der Waals surface area contributed by atoms with Crippen LogP contribution in [-0.4, -0.2) is 19.1 Å². The predicted molar refractivity (Wildman–Crippen MR) is 65.6 cm³/mol. The summed E-state index contributed by atoms with van der Waals surface area (Å²) in [4.78, 5) is 12.1. The van der Waals surface area contributed by atoms with E-state index in [0.717, 1.165) is 28.6 Å². The van der Waals surface area contributed by atoms with E-state index in [2.05, 4.69) is 21.2 Å². The topological polar surface area (TPSA) is 47.6 Å². The Hall–Kier alpha value is -0.910. The first-order valence-corrected chi connectivity index (χ1v) is 6.41. The molecule has 0 atom stereocenters. The van der Waals surface area contributed by atoms with Crippen LogP contribution in [0.4, 0.5) is 5.69 Å². The number of halogens is 1. The van der Waals surface area contributed by atoms with Gasteiger partial charge in [0.25, 0.3) is 11.7 Å². The Balaban J connectivity index is 2.10. The van der Waals surface area contributed by atoms with Crippen LogP contribution >= 0.6 is 15.9 Å². The molecule has 1 saturated heterocycles. The molecule has 1 aromatic carbocycles. The third-order valence-corrected chi connectivity index (χ3v) is 3.53. The summed E-state index contributed by atoms with van der Waals surface area (Å²) in [6.45, 7) is 1.08. The maximum atomic E-state index is 12.1. The number of rotatable bonds is 0. The Morgan fingerprint density at radius 3 is 2.65 bits per heavy atom. The first-order valence-electron chi connectivity index (χ1n) is 5.62. The molecule has 0 unspecified atom stereocenters. The van der Waals surface area contributed by atoms with Gasteiger partial charge in [-0.3, -0.25) is 4.79 Å². The molecule has 2 aliphatic rings. The van der Waals surface area contributed by atoms with Crippen molar-refractivity contribution >= 4 is 27.5 Å². The molecule has 4 nitrogen and oxygen atoms in total. The number of fused-ring (bicyclic) bond motifs is 2. The molecular formula is C12H12BrNO3. The van der Waals surface area contributed by atoms with Crippen LogP contribution in [-0.2, 0) is 20.1 Å². The lowest BCUT2D eigenvalue weighted by atomic mass is 10.1. The second kappa shape index (κ2) is 4.08. The number of hydrogen-bond donors (Lipinski definition) is 1. The van der Waals surface area contributed by atoms with Gasteiger partial charge in [-0.15, -0.1) is 0 Å². The van der Waals surface area contributed by atoms with Gasteiger partial charge >= 0.3 is 0 Å². The first-order chi connectivity index (χ1) is 8.22. The standard InChI is InChI=1S/C12H12BrNO3/c13-8-3-4-10-9(7-8)12(11(15)14-10)16-5-1-2-6-17-12/h3-4,7H,1-2,5-6H2,(H,14,15). The number of carbonyl (C=O) groups is 1. The number of hydrogen-bond acceptors (Lipinski definition) is 3. The van der Waals surface area contributed by atoms with Crippen molar-refractivity contribution in [3.8, 4) is 0 Å². The second-order valence-corrected chi connectivity index (χ2v) is 5.08. The third-order valence-electron chi connectivity index (χ3n) is 3.03. The Labute approximate surface area is 107 Å². The maximum Gasteiger partial charge on any atom is 0.289 e. The van der Waals surface area contributed by atoms with E-state index in [1.807, 2.05) is 18.2 Å². The average Bonchev–Trinajstić information content (AvgIpc) is 2.52. The molecule has 0 aromatic heterocycles. The van der Waals surface area contributed by atoms with Crippen molar-refractivity contribution in [3.05, 3.63) is 28.2 Å². The molecule has 1 aromatic rings. The minimum absolute atomic E-state index is 0.229. The fraction of sp³-hybridized carbons (Fsp3) is 0.417. The van der Waals surface area contributed by atoms with Crippen LogP contribution in [0.5, 0.6) is 0 Å². The average molecular weight is 298 g/mol. The molecule has 3 rings (SSSR count). The summed E-state index contributed by atoms with van der Waals surface area (Å²) in [5.74, 6) is -1.47. The van der Waals surface area contributed by atoms with Gasteiger partial charge in [-0.05, 0) is 31.0 Å². The molecule has 0 aliphatic carbocycles. The van der Waals surface area contributed by atoms with Crippen molar-refractivity contribution in [2.45, 2.75) is 18.6 Å². The second-order valence-electron chi connectivity index (χ2n) is 4.16. The molecule has 17 heavy (non-hydrogen) atoms. The van der Waals surface area contributed by atoms with Gasteiger partial charge in [-0.2, -0.15) is 0 Å². The van der Waals surface area contributed by atoms with Crippen LogP contribution < -0.4 is 5.32 Å². The predicted octanol–water partition coefficient (Wildman–Crippen LogP) is 2.38.